The summed E-state index contributed by atoms with van der Waals surface area (Å²) >= 11 is 0. The molecular weight excluding hydrogens is 202 g/mol. The molecule has 0 aliphatic carbocycles. The number of nitrogens with zero attached hydrogens (tertiary/aromatic N) is 2. The Morgan fingerprint density at radius 3 is 2.56 bits per heavy atom. The van der Waals surface area contributed by atoms with Crippen LogP contribution in [0.15, 0.2) is 18.3 Å². The van der Waals surface area contributed by atoms with E-state index >= 15 is 0 Å². The van der Waals surface area contributed by atoms with Gasteiger partial charge in [-0.05, 0) is 26.0 Å². The first-order valence-corrected chi connectivity index (χ1v) is 5.61. The van der Waals surface area contributed by atoms with Crippen LogP contribution in [0, 0.1) is 0 Å². The van der Waals surface area contributed by atoms with Gasteiger partial charge in [0.25, 0.3) is 0 Å². The minimum atomic E-state index is 0.469. The van der Waals surface area contributed by atoms with Crippen LogP contribution in [-0.2, 0) is 0 Å². The number of aromatic nitrogens is 1. The third kappa shape index (κ3) is 2.39. The number of hydrogen-bond acceptors (Lipinski definition) is 4. The van der Waals surface area contributed by atoms with Crippen molar-refractivity contribution in [2.45, 2.75) is 25.9 Å². The number of rotatable bonds is 2. The molecule has 1 aromatic heterocycles. The fourth-order valence-electron chi connectivity index (χ4n) is 2.17. The van der Waals surface area contributed by atoms with Gasteiger partial charge in [-0.2, -0.15) is 0 Å². The standard InChI is InChI=1S/C12H17N3O/c1-9-6-15(7-10(2)14-9)12-4-3-11(8-16)5-13-12/h3-5,8-10,14H,6-7H2,1-2H3. The van der Waals surface area contributed by atoms with Crippen molar-refractivity contribution >= 4 is 12.1 Å². The Morgan fingerprint density at radius 2 is 2.06 bits per heavy atom. The van der Waals surface area contributed by atoms with Crippen molar-refractivity contribution in [3.8, 4) is 0 Å². The zero-order chi connectivity index (χ0) is 11.5. The van der Waals surface area contributed by atoms with Crippen molar-refractivity contribution < 1.29 is 4.79 Å². The van der Waals surface area contributed by atoms with E-state index in [1.54, 1.807) is 6.20 Å². The third-order valence-electron chi connectivity index (χ3n) is 2.79. The van der Waals surface area contributed by atoms with E-state index in [9.17, 15) is 4.79 Å². The average Bonchev–Trinajstić information content (AvgIpc) is 2.28. The third-order valence-corrected chi connectivity index (χ3v) is 2.79. The molecule has 4 nitrogen and oxygen atoms in total. The smallest absolute Gasteiger partial charge is 0.151 e. The lowest BCUT2D eigenvalue weighted by Crippen LogP contribution is -2.54. The lowest BCUT2D eigenvalue weighted by Gasteiger charge is -2.36. The number of aldehydes is 1. The fraction of sp³-hybridized carbons (Fsp3) is 0.500. The molecule has 1 saturated heterocycles. The van der Waals surface area contributed by atoms with Crippen LogP contribution < -0.4 is 10.2 Å². The van der Waals surface area contributed by atoms with E-state index in [1.807, 2.05) is 12.1 Å². The zero-order valence-electron chi connectivity index (χ0n) is 9.68. The van der Waals surface area contributed by atoms with E-state index in [2.05, 4.69) is 29.0 Å². The Balaban J connectivity index is 2.13. The number of carbonyl (C=O) groups is 1. The van der Waals surface area contributed by atoms with Gasteiger partial charge < -0.3 is 10.2 Å². The normalized spacial score (nSPS) is 25.5. The highest BCUT2D eigenvalue weighted by Gasteiger charge is 2.21. The van der Waals surface area contributed by atoms with Crippen molar-refractivity contribution in [1.82, 2.24) is 10.3 Å². The van der Waals surface area contributed by atoms with Crippen LogP contribution in [0.4, 0.5) is 5.82 Å². The van der Waals surface area contributed by atoms with Crippen LogP contribution in [0.5, 0.6) is 0 Å². The number of carbonyl (C=O) groups excluding carboxylic acids is 1. The highest BCUT2D eigenvalue weighted by molar-refractivity contribution is 5.74. The van der Waals surface area contributed by atoms with Crippen LogP contribution in [0.25, 0.3) is 0 Å². The van der Waals surface area contributed by atoms with E-state index in [1.165, 1.54) is 0 Å². The second kappa shape index (κ2) is 4.61. The molecule has 0 saturated carbocycles. The maximum absolute atomic E-state index is 10.5. The van der Waals surface area contributed by atoms with Crippen LogP contribution >= 0.6 is 0 Å². The number of piperazine rings is 1. The molecule has 0 spiro atoms. The molecule has 0 radical (unpaired) electrons. The lowest BCUT2D eigenvalue weighted by atomic mass is 10.1. The van der Waals surface area contributed by atoms with Crippen molar-refractivity contribution in [2.24, 2.45) is 0 Å². The summed E-state index contributed by atoms with van der Waals surface area (Å²) in [5.41, 5.74) is 0.625. The molecule has 0 bridgehead atoms. The van der Waals surface area contributed by atoms with Gasteiger partial charge in [-0.1, -0.05) is 0 Å². The maximum atomic E-state index is 10.5. The van der Waals surface area contributed by atoms with Gasteiger partial charge in [0.2, 0.25) is 0 Å². The van der Waals surface area contributed by atoms with Gasteiger partial charge in [-0.15, -0.1) is 0 Å². The largest absolute Gasteiger partial charge is 0.354 e. The molecule has 0 amide bonds. The molecule has 1 aliphatic rings. The Kier molecular flexibility index (Phi) is 3.19. The van der Waals surface area contributed by atoms with Crippen molar-refractivity contribution in [1.29, 1.82) is 0 Å². The van der Waals surface area contributed by atoms with Gasteiger partial charge in [-0.3, -0.25) is 4.79 Å². The Bertz CT molecular complexity index is 353. The molecule has 2 rings (SSSR count). The first-order chi connectivity index (χ1) is 7.69. The molecule has 2 heterocycles. The summed E-state index contributed by atoms with van der Waals surface area (Å²) in [4.78, 5) is 17.1. The topological polar surface area (TPSA) is 45.2 Å². The van der Waals surface area contributed by atoms with Gasteiger partial charge >= 0.3 is 0 Å². The Hall–Kier alpha value is -1.42. The summed E-state index contributed by atoms with van der Waals surface area (Å²) in [6.45, 7) is 6.25. The molecule has 0 aromatic carbocycles. The summed E-state index contributed by atoms with van der Waals surface area (Å²) in [7, 11) is 0. The second-order valence-corrected chi connectivity index (χ2v) is 4.44. The summed E-state index contributed by atoms with van der Waals surface area (Å²) in [6.07, 6.45) is 2.44. The first kappa shape index (κ1) is 11.1. The van der Waals surface area contributed by atoms with Crippen molar-refractivity contribution in [3.05, 3.63) is 23.9 Å². The lowest BCUT2D eigenvalue weighted by molar-refractivity contribution is 0.112. The molecule has 2 atom stereocenters. The van der Waals surface area contributed by atoms with E-state index < -0.39 is 0 Å². The molecular formula is C12H17N3O. The molecule has 4 heteroatoms. The summed E-state index contributed by atoms with van der Waals surface area (Å²) in [5.74, 6) is 0.950. The predicted molar refractivity (Wildman–Crippen MR) is 63.9 cm³/mol. The fourth-order valence-corrected chi connectivity index (χ4v) is 2.17. The van der Waals surface area contributed by atoms with Crippen LogP contribution in [-0.4, -0.2) is 36.4 Å². The number of anilines is 1. The number of pyridine rings is 1. The first-order valence-electron chi connectivity index (χ1n) is 5.61. The molecule has 1 fully saturated rings. The minimum absolute atomic E-state index is 0.469. The Labute approximate surface area is 95.7 Å². The molecule has 16 heavy (non-hydrogen) atoms. The van der Waals surface area contributed by atoms with Gasteiger partial charge in [-0.25, -0.2) is 4.98 Å². The molecule has 1 aliphatic heterocycles. The van der Waals surface area contributed by atoms with Gasteiger partial charge in [0.15, 0.2) is 6.29 Å². The monoisotopic (exact) mass is 219 g/mol. The highest BCUT2D eigenvalue weighted by atomic mass is 16.1. The predicted octanol–water partition coefficient (Wildman–Crippen LogP) is 1.08. The van der Waals surface area contributed by atoms with Crippen LogP contribution in [0.3, 0.4) is 0 Å². The average molecular weight is 219 g/mol. The van der Waals surface area contributed by atoms with Gasteiger partial charge in [0.1, 0.15) is 5.82 Å². The summed E-state index contributed by atoms with van der Waals surface area (Å²) < 4.78 is 0. The zero-order valence-corrected chi connectivity index (χ0v) is 9.68. The van der Waals surface area contributed by atoms with E-state index in [0.29, 0.717) is 17.6 Å². The van der Waals surface area contributed by atoms with Crippen molar-refractivity contribution in [3.63, 3.8) is 0 Å². The Morgan fingerprint density at radius 1 is 1.38 bits per heavy atom. The highest BCUT2D eigenvalue weighted by Crippen LogP contribution is 2.14. The van der Waals surface area contributed by atoms with E-state index in [0.717, 1.165) is 25.2 Å². The maximum Gasteiger partial charge on any atom is 0.151 e. The second-order valence-electron chi connectivity index (χ2n) is 4.44. The van der Waals surface area contributed by atoms with Crippen molar-refractivity contribution in [2.75, 3.05) is 18.0 Å². The van der Waals surface area contributed by atoms with Gasteiger partial charge in [0, 0.05) is 36.9 Å². The molecule has 1 N–H and O–H groups in total. The summed E-state index contributed by atoms with van der Waals surface area (Å²) in [5, 5.41) is 3.48. The number of nitrogens with one attached hydrogen (secondary N) is 1. The summed E-state index contributed by atoms with van der Waals surface area (Å²) in [6, 6.07) is 4.66. The molecule has 1 aromatic rings. The molecule has 86 valence electrons. The van der Waals surface area contributed by atoms with Crippen LogP contribution in [0.1, 0.15) is 24.2 Å². The van der Waals surface area contributed by atoms with E-state index in [4.69, 9.17) is 0 Å². The SMILES string of the molecule is CC1CN(c2ccc(C=O)cn2)CC(C)N1. The van der Waals surface area contributed by atoms with Crippen LogP contribution in [0.2, 0.25) is 0 Å². The van der Waals surface area contributed by atoms with E-state index in [-0.39, 0.29) is 0 Å². The van der Waals surface area contributed by atoms with Gasteiger partial charge in [0.05, 0.1) is 0 Å². The molecule has 2 unspecified atom stereocenters. The number of hydrogen-bond donors (Lipinski definition) is 1. The minimum Gasteiger partial charge on any atom is -0.354 e. The quantitative estimate of drug-likeness (QED) is 0.756.